The average Bonchev–Trinajstić information content (AvgIpc) is 2.98. The van der Waals surface area contributed by atoms with Gasteiger partial charge < -0.3 is 15.4 Å². The van der Waals surface area contributed by atoms with E-state index in [-0.39, 0.29) is 11.9 Å². The molecule has 1 unspecified atom stereocenters. The predicted octanol–water partition coefficient (Wildman–Crippen LogP) is 2.06. The van der Waals surface area contributed by atoms with Gasteiger partial charge in [-0.3, -0.25) is 4.79 Å². The van der Waals surface area contributed by atoms with E-state index in [9.17, 15) is 4.79 Å². The van der Waals surface area contributed by atoms with E-state index in [1.807, 2.05) is 18.2 Å². The number of carbonyl (C=O) groups excluding carboxylic acids is 1. The van der Waals surface area contributed by atoms with Crippen LogP contribution in [0.15, 0.2) is 24.3 Å². The summed E-state index contributed by atoms with van der Waals surface area (Å²) in [4.78, 5) is 11.8. The van der Waals surface area contributed by atoms with Crippen molar-refractivity contribution in [3.05, 3.63) is 29.8 Å². The Morgan fingerprint density at radius 2 is 2.25 bits per heavy atom. The Morgan fingerprint density at radius 1 is 1.45 bits per heavy atom. The molecule has 1 aromatic carbocycles. The van der Waals surface area contributed by atoms with Crippen molar-refractivity contribution in [2.24, 2.45) is 0 Å². The van der Waals surface area contributed by atoms with Gasteiger partial charge in [0.05, 0.1) is 12.6 Å². The summed E-state index contributed by atoms with van der Waals surface area (Å²) >= 11 is 0. The second kappa shape index (κ2) is 7.29. The third-order valence-corrected chi connectivity index (χ3v) is 3.58. The topological polar surface area (TPSA) is 50.4 Å². The van der Waals surface area contributed by atoms with Gasteiger partial charge in [-0.25, -0.2) is 0 Å². The van der Waals surface area contributed by atoms with Gasteiger partial charge in [0, 0.05) is 0 Å². The zero-order valence-corrected chi connectivity index (χ0v) is 12.3. The van der Waals surface area contributed by atoms with Crippen molar-refractivity contribution in [1.29, 1.82) is 0 Å². The first-order chi connectivity index (χ1) is 9.68. The van der Waals surface area contributed by atoms with Crippen molar-refractivity contribution in [2.45, 2.75) is 38.6 Å². The quantitative estimate of drug-likeness (QED) is 0.782. The van der Waals surface area contributed by atoms with E-state index < -0.39 is 0 Å². The van der Waals surface area contributed by atoms with Crippen molar-refractivity contribution in [3.63, 3.8) is 0 Å². The molecule has 1 saturated heterocycles. The van der Waals surface area contributed by atoms with E-state index in [0.29, 0.717) is 19.1 Å². The Bertz CT molecular complexity index is 440. The van der Waals surface area contributed by atoms with Crippen LogP contribution in [0.1, 0.15) is 38.2 Å². The predicted molar refractivity (Wildman–Crippen MR) is 80.1 cm³/mol. The van der Waals surface area contributed by atoms with Gasteiger partial charge in [-0.05, 0) is 36.9 Å². The molecule has 1 fully saturated rings. The maximum absolute atomic E-state index is 11.8. The molecule has 1 aromatic rings. The van der Waals surface area contributed by atoms with Crippen LogP contribution in [0.3, 0.4) is 0 Å². The number of rotatable bonds is 6. The molecule has 1 atom stereocenters. The van der Waals surface area contributed by atoms with E-state index in [0.717, 1.165) is 25.1 Å². The second-order valence-electron chi connectivity index (χ2n) is 5.48. The van der Waals surface area contributed by atoms with Gasteiger partial charge in [0.1, 0.15) is 12.4 Å². The minimum absolute atomic E-state index is 0.0158. The molecule has 0 aromatic heterocycles. The Morgan fingerprint density at radius 3 is 2.95 bits per heavy atom. The number of amides is 1. The highest BCUT2D eigenvalue weighted by Gasteiger charge is 2.21. The highest BCUT2D eigenvalue weighted by molar-refractivity contribution is 5.81. The fourth-order valence-electron chi connectivity index (χ4n) is 2.46. The summed E-state index contributed by atoms with van der Waals surface area (Å²) in [5.74, 6) is 1.43. The molecule has 1 aliphatic rings. The van der Waals surface area contributed by atoms with Gasteiger partial charge in [-0.2, -0.15) is 0 Å². The van der Waals surface area contributed by atoms with Gasteiger partial charge in [0.2, 0.25) is 5.91 Å². The summed E-state index contributed by atoms with van der Waals surface area (Å²) in [6.07, 6.45) is 2.01. The van der Waals surface area contributed by atoms with Crippen LogP contribution >= 0.6 is 0 Å². The molecule has 2 rings (SSSR count). The molecule has 1 heterocycles. The summed E-state index contributed by atoms with van der Waals surface area (Å²) in [6, 6.07) is 8.05. The van der Waals surface area contributed by atoms with Crippen LogP contribution in [0.2, 0.25) is 0 Å². The molecule has 0 aliphatic carbocycles. The summed E-state index contributed by atoms with van der Waals surface area (Å²) in [7, 11) is 0. The average molecular weight is 276 g/mol. The molecule has 0 spiro atoms. The van der Waals surface area contributed by atoms with Crippen LogP contribution in [-0.4, -0.2) is 31.6 Å². The number of ether oxygens (including phenoxy) is 1. The Kier molecular flexibility index (Phi) is 5.41. The van der Waals surface area contributed by atoms with Crippen molar-refractivity contribution in [1.82, 2.24) is 10.6 Å². The highest BCUT2D eigenvalue weighted by atomic mass is 16.5. The van der Waals surface area contributed by atoms with Gasteiger partial charge in [-0.15, -0.1) is 0 Å². The zero-order chi connectivity index (χ0) is 14.4. The smallest absolute Gasteiger partial charge is 0.237 e. The molecule has 4 heteroatoms. The molecule has 110 valence electrons. The van der Waals surface area contributed by atoms with Gasteiger partial charge in [0.15, 0.2) is 0 Å². The third-order valence-electron chi connectivity index (χ3n) is 3.58. The first kappa shape index (κ1) is 14.9. The van der Waals surface area contributed by atoms with Crippen molar-refractivity contribution in [2.75, 3.05) is 19.7 Å². The van der Waals surface area contributed by atoms with E-state index >= 15 is 0 Å². The SMILES string of the molecule is CC(C)c1ccccc1OCCNC(=O)C1CCCN1. The summed E-state index contributed by atoms with van der Waals surface area (Å²) in [5.41, 5.74) is 1.20. The molecule has 1 aliphatic heterocycles. The molecule has 20 heavy (non-hydrogen) atoms. The number of benzene rings is 1. The Balaban J connectivity index is 1.74. The number of para-hydroxylation sites is 1. The minimum atomic E-state index is -0.0158. The molecule has 0 saturated carbocycles. The lowest BCUT2D eigenvalue weighted by atomic mass is 10.0. The first-order valence-corrected chi connectivity index (χ1v) is 7.41. The van der Waals surface area contributed by atoms with Gasteiger partial charge in [0.25, 0.3) is 0 Å². The largest absolute Gasteiger partial charge is 0.491 e. The molecule has 4 nitrogen and oxygen atoms in total. The van der Waals surface area contributed by atoms with Gasteiger partial charge >= 0.3 is 0 Å². The van der Waals surface area contributed by atoms with Crippen LogP contribution in [0.5, 0.6) is 5.75 Å². The van der Waals surface area contributed by atoms with Gasteiger partial charge in [-0.1, -0.05) is 32.0 Å². The van der Waals surface area contributed by atoms with Crippen LogP contribution in [0.25, 0.3) is 0 Å². The molecule has 0 radical (unpaired) electrons. The lowest BCUT2D eigenvalue weighted by Crippen LogP contribution is -2.41. The molecule has 1 amide bonds. The molecular weight excluding hydrogens is 252 g/mol. The lowest BCUT2D eigenvalue weighted by Gasteiger charge is -2.15. The number of hydrogen-bond acceptors (Lipinski definition) is 3. The van der Waals surface area contributed by atoms with Crippen LogP contribution in [0.4, 0.5) is 0 Å². The number of nitrogens with one attached hydrogen (secondary N) is 2. The summed E-state index contributed by atoms with van der Waals surface area (Å²) in [5, 5.41) is 6.10. The first-order valence-electron chi connectivity index (χ1n) is 7.41. The van der Waals surface area contributed by atoms with E-state index in [1.54, 1.807) is 0 Å². The van der Waals surface area contributed by atoms with E-state index in [4.69, 9.17) is 4.74 Å². The maximum atomic E-state index is 11.8. The lowest BCUT2D eigenvalue weighted by molar-refractivity contribution is -0.122. The normalized spacial score (nSPS) is 18.2. The highest BCUT2D eigenvalue weighted by Crippen LogP contribution is 2.25. The van der Waals surface area contributed by atoms with E-state index in [1.165, 1.54) is 5.56 Å². The van der Waals surface area contributed by atoms with E-state index in [2.05, 4.69) is 30.5 Å². The molecule has 0 bridgehead atoms. The van der Waals surface area contributed by atoms with Crippen LogP contribution in [0, 0.1) is 0 Å². The zero-order valence-electron chi connectivity index (χ0n) is 12.3. The molecule has 2 N–H and O–H groups in total. The standard InChI is InChI=1S/C16H24N2O2/c1-12(2)13-6-3-4-8-15(13)20-11-10-18-16(19)14-7-5-9-17-14/h3-4,6,8,12,14,17H,5,7,9-11H2,1-2H3,(H,18,19). The third kappa shape index (κ3) is 3.97. The second-order valence-corrected chi connectivity index (χ2v) is 5.48. The summed E-state index contributed by atoms with van der Waals surface area (Å²) < 4.78 is 5.78. The van der Waals surface area contributed by atoms with Crippen LogP contribution in [-0.2, 0) is 4.79 Å². The molecular formula is C16H24N2O2. The van der Waals surface area contributed by atoms with Crippen LogP contribution < -0.4 is 15.4 Å². The maximum Gasteiger partial charge on any atom is 0.237 e. The minimum Gasteiger partial charge on any atom is -0.491 e. The van der Waals surface area contributed by atoms with Crippen molar-refractivity contribution in [3.8, 4) is 5.75 Å². The Hall–Kier alpha value is -1.55. The summed E-state index contributed by atoms with van der Waals surface area (Å²) in [6.45, 7) is 6.29. The fraction of sp³-hybridized carbons (Fsp3) is 0.562. The van der Waals surface area contributed by atoms with Crippen molar-refractivity contribution >= 4 is 5.91 Å². The van der Waals surface area contributed by atoms with Crippen molar-refractivity contribution < 1.29 is 9.53 Å². The fourth-order valence-corrected chi connectivity index (χ4v) is 2.46. The monoisotopic (exact) mass is 276 g/mol. The number of hydrogen-bond donors (Lipinski definition) is 2. The number of carbonyl (C=O) groups is 1. The Labute approximate surface area is 120 Å².